The number of aromatic hydroxyl groups is 1. The van der Waals surface area contributed by atoms with Gasteiger partial charge in [0.1, 0.15) is 0 Å². The van der Waals surface area contributed by atoms with Gasteiger partial charge in [0.2, 0.25) is 5.91 Å². The highest BCUT2D eigenvalue weighted by atomic mass is 16.5. The number of nitrogens with zero attached hydrogens (tertiary/aromatic N) is 2. The first-order valence-electron chi connectivity index (χ1n) is 12.3. The van der Waals surface area contributed by atoms with Crippen LogP contribution < -0.4 is 20.1 Å². The van der Waals surface area contributed by atoms with Crippen molar-refractivity contribution >= 4 is 33.9 Å². The molecular formula is C29H32N4O4. The minimum Gasteiger partial charge on any atom is -0.494 e. The van der Waals surface area contributed by atoms with Crippen molar-refractivity contribution in [3.8, 4) is 17.4 Å². The Morgan fingerprint density at radius 2 is 1.65 bits per heavy atom. The molecule has 37 heavy (non-hydrogen) atoms. The molecule has 0 saturated carbocycles. The highest BCUT2D eigenvalue weighted by molar-refractivity contribution is 6.22. The molecule has 0 fully saturated rings. The Kier molecular flexibility index (Phi) is 8.10. The number of nitrogens with two attached hydrogens (primary N) is 1. The van der Waals surface area contributed by atoms with Crippen molar-refractivity contribution in [3.05, 3.63) is 77.9 Å². The second kappa shape index (κ2) is 11.6. The van der Waals surface area contributed by atoms with Crippen LogP contribution in [0, 0.1) is 0 Å². The number of rotatable bonds is 10. The highest BCUT2D eigenvalue weighted by Crippen LogP contribution is 2.38. The maximum atomic E-state index is 12.2. The van der Waals surface area contributed by atoms with Crippen LogP contribution in [0.15, 0.2) is 71.7 Å². The number of carbonyl (C=O) groups is 1. The maximum absolute atomic E-state index is 12.2. The van der Waals surface area contributed by atoms with Gasteiger partial charge in [-0.1, -0.05) is 30.3 Å². The number of anilines is 1. The van der Waals surface area contributed by atoms with Crippen LogP contribution in [0.4, 0.5) is 11.4 Å². The Bertz CT molecular complexity index is 1400. The SMILES string of the molecule is CCOc1cc2[nH]c(O)c(C(=Nc3ccc(N(C)C(=O)CCN)cc3)c3ccccc3)c2cc1OCC. The maximum Gasteiger partial charge on any atom is 0.227 e. The minimum atomic E-state index is -0.0519. The fourth-order valence-corrected chi connectivity index (χ4v) is 4.14. The van der Waals surface area contributed by atoms with E-state index < -0.39 is 0 Å². The fraction of sp³-hybridized carbons (Fsp3) is 0.241. The van der Waals surface area contributed by atoms with E-state index in [1.165, 1.54) is 0 Å². The van der Waals surface area contributed by atoms with Crippen LogP contribution >= 0.6 is 0 Å². The van der Waals surface area contributed by atoms with Crippen LogP contribution in [0.3, 0.4) is 0 Å². The van der Waals surface area contributed by atoms with Crippen molar-refractivity contribution in [2.75, 3.05) is 31.7 Å². The molecule has 0 atom stereocenters. The van der Waals surface area contributed by atoms with E-state index in [1.54, 1.807) is 11.9 Å². The van der Waals surface area contributed by atoms with Crippen molar-refractivity contribution in [1.82, 2.24) is 4.98 Å². The van der Waals surface area contributed by atoms with E-state index in [9.17, 15) is 9.90 Å². The number of nitrogens with one attached hydrogen (secondary N) is 1. The van der Waals surface area contributed by atoms with E-state index in [-0.39, 0.29) is 18.2 Å². The lowest BCUT2D eigenvalue weighted by molar-refractivity contribution is -0.118. The lowest BCUT2D eigenvalue weighted by Gasteiger charge is -2.17. The summed E-state index contributed by atoms with van der Waals surface area (Å²) in [5, 5.41) is 11.8. The first kappa shape index (κ1) is 25.8. The smallest absolute Gasteiger partial charge is 0.227 e. The molecule has 0 aliphatic heterocycles. The number of carbonyl (C=O) groups excluding carboxylic acids is 1. The van der Waals surface area contributed by atoms with Crippen molar-refractivity contribution in [2.24, 2.45) is 10.7 Å². The number of H-pyrrole nitrogens is 1. The van der Waals surface area contributed by atoms with Gasteiger partial charge in [-0.3, -0.25) is 4.79 Å². The second-order valence-electron chi connectivity index (χ2n) is 8.39. The predicted molar refractivity (Wildman–Crippen MR) is 148 cm³/mol. The van der Waals surface area contributed by atoms with Crippen LogP contribution in [-0.2, 0) is 4.79 Å². The van der Waals surface area contributed by atoms with Crippen LogP contribution in [0.2, 0.25) is 0 Å². The van der Waals surface area contributed by atoms with Gasteiger partial charge in [0.05, 0.1) is 35.7 Å². The normalized spacial score (nSPS) is 11.5. The molecule has 192 valence electrons. The number of ether oxygens (including phenoxy) is 2. The Morgan fingerprint density at radius 3 is 2.27 bits per heavy atom. The summed E-state index contributed by atoms with van der Waals surface area (Å²) < 4.78 is 11.6. The first-order valence-corrected chi connectivity index (χ1v) is 12.3. The lowest BCUT2D eigenvalue weighted by Crippen LogP contribution is -2.27. The van der Waals surface area contributed by atoms with E-state index in [2.05, 4.69) is 4.98 Å². The molecule has 0 saturated heterocycles. The molecule has 1 aromatic heterocycles. The molecule has 1 heterocycles. The lowest BCUT2D eigenvalue weighted by atomic mass is 10.0. The minimum absolute atomic E-state index is 0.00238. The van der Waals surface area contributed by atoms with Gasteiger partial charge in [-0.25, -0.2) is 4.99 Å². The highest BCUT2D eigenvalue weighted by Gasteiger charge is 2.21. The molecule has 8 heteroatoms. The number of aromatic nitrogens is 1. The summed E-state index contributed by atoms with van der Waals surface area (Å²) in [5.41, 5.74) is 9.64. The molecule has 0 unspecified atom stereocenters. The summed E-state index contributed by atoms with van der Waals surface area (Å²) in [4.78, 5) is 21.8. The summed E-state index contributed by atoms with van der Waals surface area (Å²) >= 11 is 0. The third-order valence-corrected chi connectivity index (χ3v) is 5.94. The largest absolute Gasteiger partial charge is 0.494 e. The van der Waals surface area contributed by atoms with Crippen LogP contribution in [0.5, 0.6) is 17.4 Å². The Morgan fingerprint density at radius 1 is 1.00 bits per heavy atom. The number of benzene rings is 3. The van der Waals surface area contributed by atoms with Crippen molar-refractivity contribution in [3.63, 3.8) is 0 Å². The third kappa shape index (κ3) is 5.59. The molecular weight excluding hydrogens is 468 g/mol. The Hall–Kier alpha value is -4.30. The summed E-state index contributed by atoms with van der Waals surface area (Å²) in [6.45, 7) is 5.10. The second-order valence-corrected chi connectivity index (χ2v) is 8.39. The fourth-order valence-electron chi connectivity index (χ4n) is 4.14. The number of fused-ring (bicyclic) bond motifs is 1. The number of aromatic amines is 1. The van der Waals surface area contributed by atoms with Crippen molar-refractivity contribution < 1.29 is 19.4 Å². The molecule has 0 spiro atoms. The predicted octanol–water partition coefficient (Wildman–Crippen LogP) is 5.15. The van der Waals surface area contributed by atoms with Gasteiger partial charge in [-0.15, -0.1) is 0 Å². The van der Waals surface area contributed by atoms with Crippen LogP contribution in [-0.4, -0.2) is 48.5 Å². The molecule has 4 rings (SSSR count). The summed E-state index contributed by atoms with van der Waals surface area (Å²) in [6, 6.07) is 20.7. The summed E-state index contributed by atoms with van der Waals surface area (Å²) in [6.07, 6.45) is 0.281. The number of amides is 1. The average molecular weight is 501 g/mol. The molecule has 3 aromatic carbocycles. The van der Waals surface area contributed by atoms with Gasteiger partial charge < -0.3 is 30.2 Å². The molecule has 0 radical (unpaired) electrons. The van der Waals surface area contributed by atoms with E-state index in [0.29, 0.717) is 53.7 Å². The number of hydrogen-bond donors (Lipinski definition) is 3. The summed E-state index contributed by atoms with van der Waals surface area (Å²) in [7, 11) is 1.72. The van der Waals surface area contributed by atoms with E-state index in [1.807, 2.05) is 80.6 Å². The van der Waals surface area contributed by atoms with Crippen LogP contribution in [0.1, 0.15) is 31.4 Å². The third-order valence-electron chi connectivity index (χ3n) is 5.94. The van der Waals surface area contributed by atoms with Crippen molar-refractivity contribution in [1.29, 1.82) is 0 Å². The molecule has 1 amide bonds. The molecule has 0 aliphatic rings. The molecule has 0 aliphatic carbocycles. The molecule has 8 nitrogen and oxygen atoms in total. The Balaban J connectivity index is 1.84. The molecule has 4 N–H and O–H groups in total. The number of aliphatic imine (C=N–C) groups is 1. The van der Waals surface area contributed by atoms with Gasteiger partial charge >= 0.3 is 0 Å². The van der Waals surface area contributed by atoms with E-state index in [0.717, 1.165) is 16.6 Å². The van der Waals surface area contributed by atoms with Gasteiger partial charge in [-0.2, -0.15) is 0 Å². The van der Waals surface area contributed by atoms with Crippen molar-refractivity contribution in [2.45, 2.75) is 20.3 Å². The van der Waals surface area contributed by atoms with E-state index in [4.69, 9.17) is 20.2 Å². The van der Waals surface area contributed by atoms with Gasteiger partial charge in [-0.05, 0) is 44.2 Å². The molecule has 0 bridgehead atoms. The van der Waals surface area contributed by atoms with Gasteiger partial charge in [0, 0.05) is 42.7 Å². The summed E-state index contributed by atoms with van der Waals surface area (Å²) in [5.74, 6) is 1.15. The van der Waals surface area contributed by atoms with Gasteiger partial charge in [0.15, 0.2) is 17.4 Å². The zero-order valence-electron chi connectivity index (χ0n) is 21.3. The van der Waals surface area contributed by atoms with Gasteiger partial charge in [0.25, 0.3) is 0 Å². The number of hydrogen-bond acceptors (Lipinski definition) is 6. The zero-order chi connectivity index (χ0) is 26.4. The van der Waals surface area contributed by atoms with Crippen LogP contribution in [0.25, 0.3) is 10.9 Å². The molecule has 4 aromatic rings. The average Bonchev–Trinajstić information content (AvgIpc) is 3.22. The monoisotopic (exact) mass is 500 g/mol. The first-order chi connectivity index (χ1) is 18.0. The standard InChI is InChI=1S/C29H32N4O4/c1-4-36-24-17-22-23(18-25(24)37-5-2)32-29(35)27(22)28(19-9-7-6-8-10-19)31-20-11-13-21(14-12-20)33(3)26(34)15-16-30/h6-14,17-18,32,35H,4-5,15-16,30H2,1-3H3. The zero-order valence-corrected chi connectivity index (χ0v) is 21.3. The topological polar surface area (TPSA) is 113 Å². The Labute approximate surface area is 216 Å². The quantitative estimate of drug-likeness (QED) is 0.261. The van der Waals surface area contributed by atoms with E-state index >= 15 is 0 Å².